The highest BCUT2D eigenvalue weighted by atomic mass is 19.1. The number of rotatable bonds is 6. The molecular formula is C12H15FO3. The zero-order valence-corrected chi connectivity index (χ0v) is 9.15. The predicted molar refractivity (Wildman–Crippen MR) is 57.9 cm³/mol. The van der Waals surface area contributed by atoms with Gasteiger partial charge in [-0.2, -0.15) is 0 Å². The summed E-state index contributed by atoms with van der Waals surface area (Å²) in [5, 5.41) is 8.64. The van der Waals surface area contributed by atoms with Gasteiger partial charge in [-0.3, -0.25) is 4.79 Å². The number of hydrogen-bond acceptors (Lipinski definition) is 2. The Hall–Kier alpha value is -1.58. The van der Waals surface area contributed by atoms with Crippen LogP contribution in [-0.2, 0) is 4.79 Å². The molecule has 1 N–H and O–H groups in total. The van der Waals surface area contributed by atoms with E-state index >= 15 is 0 Å². The number of hydrogen-bond donors (Lipinski definition) is 1. The molecule has 0 saturated heterocycles. The van der Waals surface area contributed by atoms with Crippen molar-refractivity contribution in [3.63, 3.8) is 0 Å². The third kappa shape index (κ3) is 3.88. The van der Waals surface area contributed by atoms with Gasteiger partial charge in [-0.05, 0) is 25.0 Å². The topological polar surface area (TPSA) is 46.5 Å². The van der Waals surface area contributed by atoms with Crippen LogP contribution in [0.15, 0.2) is 24.3 Å². The van der Waals surface area contributed by atoms with E-state index in [1.807, 2.05) is 0 Å². The maximum atomic E-state index is 13.1. The summed E-state index contributed by atoms with van der Waals surface area (Å²) in [6.45, 7) is 1.98. The molecule has 0 spiro atoms. The second-order valence-electron chi connectivity index (χ2n) is 3.66. The monoisotopic (exact) mass is 226 g/mol. The lowest BCUT2D eigenvalue weighted by Gasteiger charge is -2.08. The van der Waals surface area contributed by atoms with Crippen molar-refractivity contribution in [2.24, 2.45) is 5.92 Å². The average molecular weight is 226 g/mol. The predicted octanol–water partition coefficient (Wildman–Crippen LogP) is 2.71. The molecule has 16 heavy (non-hydrogen) atoms. The highest BCUT2D eigenvalue weighted by Gasteiger charge is 2.10. The molecule has 0 aliphatic carbocycles. The van der Waals surface area contributed by atoms with E-state index in [0.29, 0.717) is 19.4 Å². The zero-order chi connectivity index (χ0) is 12.0. The van der Waals surface area contributed by atoms with Crippen molar-refractivity contribution in [2.45, 2.75) is 19.8 Å². The summed E-state index contributed by atoms with van der Waals surface area (Å²) in [6.07, 6.45) is 1.13. The summed E-state index contributed by atoms with van der Waals surface area (Å²) in [6, 6.07) is 6.16. The van der Waals surface area contributed by atoms with Crippen molar-refractivity contribution in [1.29, 1.82) is 0 Å². The molecule has 0 aromatic heterocycles. The first-order valence-electron chi connectivity index (χ1n) is 5.21. The van der Waals surface area contributed by atoms with E-state index in [9.17, 15) is 9.18 Å². The first-order chi connectivity index (χ1) is 7.61. The van der Waals surface area contributed by atoms with Gasteiger partial charge >= 0.3 is 5.97 Å². The number of ether oxygens (including phenoxy) is 1. The van der Waals surface area contributed by atoms with Crippen LogP contribution in [0.2, 0.25) is 0 Å². The number of benzene rings is 1. The number of halogens is 1. The fourth-order valence-corrected chi connectivity index (χ4v) is 1.26. The second-order valence-corrected chi connectivity index (χ2v) is 3.66. The van der Waals surface area contributed by atoms with E-state index in [1.54, 1.807) is 25.1 Å². The van der Waals surface area contributed by atoms with Gasteiger partial charge in [-0.25, -0.2) is 4.39 Å². The lowest BCUT2D eigenvalue weighted by Crippen LogP contribution is -2.11. The molecular weight excluding hydrogens is 211 g/mol. The Morgan fingerprint density at radius 1 is 1.50 bits per heavy atom. The average Bonchev–Trinajstić information content (AvgIpc) is 2.26. The van der Waals surface area contributed by atoms with E-state index in [2.05, 4.69) is 0 Å². The van der Waals surface area contributed by atoms with E-state index in [1.165, 1.54) is 6.07 Å². The van der Waals surface area contributed by atoms with Crippen LogP contribution in [0.5, 0.6) is 5.75 Å². The molecule has 0 aliphatic heterocycles. The molecule has 0 fully saturated rings. The molecule has 88 valence electrons. The third-order valence-corrected chi connectivity index (χ3v) is 2.30. The largest absolute Gasteiger partial charge is 0.491 e. The van der Waals surface area contributed by atoms with E-state index in [-0.39, 0.29) is 11.7 Å². The first-order valence-corrected chi connectivity index (χ1v) is 5.21. The van der Waals surface area contributed by atoms with E-state index in [0.717, 1.165) is 0 Å². The van der Waals surface area contributed by atoms with Gasteiger partial charge < -0.3 is 9.84 Å². The summed E-state index contributed by atoms with van der Waals surface area (Å²) in [4.78, 5) is 10.5. The third-order valence-electron chi connectivity index (χ3n) is 2.30. The minimum Gasteiger partial charge on any atom is -0.491 e. The van der Waals surface area contributed by atoms with Gasteiger partial charge in [-0.15, -0.1) is 0 Å². The number of carboxylic acid groups (broad SMARTS) is 1. The Kier molecular flexibility index (Phi) is 4.76. The van der Waals surface area contributed by atoms with Gasteiger partial charge in [0, 0.05) is 0 Å². The Morgan fingerprint density at radius 2 is 2.19 bits per heavy atom. The van der Waals surface area contributed by atoms with Crippen LogP contribution in [-0.4, -0.2) is 17.7 Å². The molecule has 4 heteroatoms. The SMILES string of the molecule is CC(CCCOc1ccccc1F)C(=O)O. The summed E-state index contributed by atoms with van der Waals surface area (Å²) in [5.74, 6) is -1.38. The molecule has 0 heterocycles. The van der Waals surface area contributed by atoms with Crippen molar-refractivity contribution < 1.29 is 19.0 Å². The van der Waals surface area contributed by atoms with Gasteiger partial charge in [0.15, 0.2) is 11.6 Å². The maximum Gasteiger partial charge on any atom is 0.306 e. The highest BCUT2D eigenvalue weighted by Crippen LogP contribution is 2.16. The van der Waals surface area contributed by atoms with Crippen molar-refractivity contribution in [3.8, 4) is 5.75 Å². The minimum atomic E-state index is -0.814. The van der Waals surface area contributed by atoms with Crippen LogP contribution < -0.4 is 4.74 Å². The van der Waals surface area contributed by atoms with Gasteiger partial charge in [0.1, 0.15) is 0 Å². The Bertz CT molecular complexity index is 352. The Labute approximate surface area is 93.9 Å². The molecule has 1 atom stereocenters. The number of para-hydroxylation sites is 1. The Balaban J connectivity index is 2.26. The smallest absolute Gasteiger partial charge is 0.306 e. The fourth-order valence-electron chi connectivity index (χ4n) is 1.26. The van der Waals surface area contributed by atoms with Crippen LogP contribution in [0, 0.1) is 11.7 Å². The lowest BCUT2D eigenvalue weighted by atomic mass is 10.1. The van der Waals surface area contributed by atoms with Crippen molar-refractivity contribution in [1.82, 2.24) is 0 Å². The molecule has 0 saturated carbocycles. The molecule has 0 radical (unpaired) electrons. The van der Waals surface area contributed by atoms with Crippen LogP contribution in [0.1, 0.15) is 19.8 Å². The van der Waals surface area contributed by atoms with Crippen molar-refractivity contribution >= 4 is 5.97 Å². The standard InChI is InChI=1S/C12H15FO3/c1-9(12(14)15)5-4-8-16-11-7-3-2-6-10(11)13/h2-3,6-7,9H,4-5,8H2,1H3,(H,14,15). The normalized spacial score (nSPS) is 12.1. The summed E-state index contributed by atoms with van der Waals surface area (Å²) >= 11 is 0. The highest BCUT2D eigenvalue weighted by molar-refractivity contribution is 5.69. The molecule has 1 aromatic rings. The number of carboxylic acids is 1. The molecule has 1 rings (SSSR count). The van der Waals surface area contributed by atoms with Crippen LogP contribution in [0.25, 0.3) is 0 Å². The minimum absolute atomic E-state index is 0.213. The van der Waals surface area contributed by atoms with Gasteiger partial charge in [-0.1, -0.05) is 19.1 Å². The Morgan fingerprint density at radius 3 is 2.81 bits per heavy atom. The number of carbonyl (C=O) groups is 1. The zero-order valence-electron chi connectivity index (χ0n) is 9.15. The molecule has 3 nitrogen and oxygen atoms in total. The van der Waals surface area contributed by atoms with E-state index < -0.39 is 11.8 Å². The van der Waals surface area contributed by atoms with Crippen LogP contribution in [0.4, 0.5) is 4.39 Å². The summed E-state index contributed by atoms with van der Waals surface area (Å²) < 4.78 is 18.3. The summed E-state index contributed by atoms with van der Waals surface area (Å²) in [5.41, 5.74) is 0. The first kappa shape index (κ1) is 12.5. The summed E-state index contributed by atoms with van der Waals surface area (Å²) in [7, 11) is 0. The second kappa shape index (κ2) is 6.10. The molecule has 0 bridgehead atoms. The van der Waals surface area contributed by atoms with Gasteiger partial charge in [0.05, 0.1) is 12.5 Å². The maximum absolute atomic E-state index is 13.1. The molecule has 1 unspecified atom stereocenters. The fraction of sp³-hybridized carbons (Fsp3) is 0.417. The van der Waals surface area contributed by atoms with Crippen molar-refractivity contribution in [3.05, 3.63) is 30.1 Å². The van der Waals surface area contributed by atoms with Crippen LogP contribution >= 0.6 is 0 Å². The number of aliphatic carboxylic acids is 1. The molecule has 0 amide bonds. The van der Waals surface area contributed by atoms with Crippen LogP contribution in [0.3, 0.4) is 0 Å². The quantitative estimate of drug-likeness (QED) is 0.758. The van der Waals surface area contributed by atoms with Gasteiger partial charge in [0.2, 0.25) is 0 Å². The van der Waals surface area contributed by atoms with Gasteiger partial charge in [0.25, 0.3) is 0 Å². The molecule has 0 aliphatic rings. The van der Waals surface area contributed by atoms with E-state index in [4.69, 9.17) is 9.84 Å². The lowest BCUT2D eigenvalue weighted by molar-refractivity contribution is -0.141. The van der Waals surface area contributed by atoms with Crippen molar-refractivity contribution in [2.75, 3.05) is 6.61 Å². The molecule has 1 aromatic carbocycles.